The van der Waals surface area contributed by atoms with Crippen LogP contribution < -0.4 is 18.9 Å². The Kier molecular flexibility index (Phi) is 5.12. The highest BCUT2D eigenvalue weighted by atomic mass is 16.7. The van der Waals surface area contributed by atoms with Crippen molar-refractivity contribution in [1.82, 2.24) is 4.98 Å². The van der Waals surface area contributed by atoms with Gasteiger partial charge in [0, 0.05) is 28.8 Å². The van der Waals surface area contributed by atoms with Gasteiger partial charge in [0.25, 0.3) is 0 Å². The van der Waals surface area contributed by atoms with Gasteiger partial charge < -0.3 is 18.9 Å². The summed E-state index contributed by atoms with van der Waals surface area (Å²) in [6, 6.07) is 18.7. The first-order valence-electron chi connectivity index (χ1n) is 10.9. The van der Waals surface area contributed by atoms with Crippen molar-refractivity contribution in [2.24, 2.45) is 0 Å². The minimum absolute atomic E-state index is 0.0911. The molecule has 0 aliphatic carbocycles. The van der Waals surface area contributed by atoms with Crippen molar-refractivity contribution < 1.29 is 18.9 Å². The minimum Gasteiger partial charge on any atom is -0.493 e. The molecule has 0 unspecified atom stereocenters. The second kappa shape index (κ2) is 8.00. The molecule has 0 saturated heterocycles. The van der Waals surface area contributed by atoms with Gasteiger partial charge in [0.05, 0.1) is 19.7 Å². The molecule has 0 N–H and O–H groups in total. The van der Waals surface area contributed by atoms with E-state index >= 15 is 0 Å². The molecule has 4 aromatic rings. The number of hydrogen-bond acceptors (Lipinski definition) is 5. The molecule has 0 saturated carbocycles. The maximum Gasteiger partial charge on any atom is 0.231 e. The molecule has 0 bridgehead atoms. The van der Waals surface area contributed by atoms with E-state index in [0.29, 0.717) is 11.5 Å². The Morgan fingerprint density at radius 1 is 0.788 bits per heavy atom. The molecule has 33 heavy (non-hydrogen) atoms. The molecule has 3 aromatic carbocycles. The summed E-state index contributed by atoms with van der Waals surface area (Å²) in [5.74, 6) is 2.86. The van der Waals surface area contributed by atoms with Crippen LogP contribution in [0, 0.1) is 0 Å². The number of nitrogens with zero attached hydrogens (tertiary/aromatic N) is 1. The van der Waals surface area contributed by atoms with Crippen molar-refractivity contribution in [1.29, 1.82) is 0 Å². The summed E-state index contributed by atoms with van der Waals surface area (Å²) in [4.78, 5) is 4.67. The maximum atomic E-state index is 5.76. The number of rotatable bonds is 4. The summed E-state index contributed by atoms with van der Waals surface area (Å²) in [6.07, 6.45) is 1.87. The van der Waals surface area contributed by atoms with E-state index in [2.05, 4.69) is 62.2 Å². The Bertz CT molecular complexity index is 1340. The molecule has 1 aliphatic rings. The largest absolute Gasteiger partial charge is 0.493 e. The molecule has 0 atom stereocenters. The second-order valence-electron chi connectivity index (χ2n) is 9.21. The summed E-state index contributed by atoms with van der Waals surface area (Å²) < 4.78 is 22.5. The lowest BCUT2D eigenvalue weighted by molar-refractivity contribution is 0.174. The smallest absolute Gasteiger partial charge is 0.231 e. The monoisotopic (exact) mass is 441 g/mol. The van der Waals surface area contributed by atoms with Crippen molar-refractivity contribution >= 4 is 10.9 Å². The molecule has 1 aromatic heterocycles. The Morgan fingerprint density at radius 3 is 2.18 bits per heavy atom. The summed E-state index contributed by atoms with van der Waals surface area (Å²) in [5, 5.41) is 0.989. The molecule has 2 heterocycles. The fraction of sp³-hybridized carbons (Fsp3) is 0.250. The molecule has 0 radical (unpaired) electrons. The molecule has 5 heteroatoms. The van der Waals surface area contributed by atoms with Crippen LogP contribution in [0.5, 0.6) is 23.0 Å². The topological polar surface area (TPSA) is 49.8 Å². The van der Waals surface area contributed by atoms with Crippen molar-refractivity contribution in [3.63, 3.8) is 0 Å². The zero-order chi connectivity index (χ0) is 23.2. The molecular formula is C28H27NO4. The molecule has 0 amide bonds. The predicted molar refractivity (Wildman–Crippen MR) is 131 cm³/mol. The first kappa shape index (κ1) is 21.1. The summed E-state index contributed by atoms with van der Waals surface area (Å²) >= 11 is 0. The zero-order valence-electron chi connectivity index (χ0n) is 19.6. The third-order valence-corrected chi connectivity index (χ3v) is 6.05. The standard InChI is InChI=1S/C28H27NO4/c1-28(2,3)21-8-6-17(7-9-21)22-11-18(12-26(30-4)27(22)31-5)20-10-19-13-24-25(33-16-32-24)14-23(19)29-15-20/h6-15H,16H2,1-5H3. The van der Waals surface area contributed by atoms with Gasteiger partial charge in [-0.3, -0.25) is 4.98 Å². The van der Waals surface area contributed by atoms with Gasteiger partial charge in [-0.2, -0.15) is 0 Å². The molecule has 168 valence electrons. The summed E-state index contributed by atoms with van der Waals surface area (Å²) in [7, 11) is 3.33. The lowest BCUT2D eigenvalue weighted by atomic mass is 9.86. The second-order valence-corrected chi connectivity index (χ2v) is 9.21. The third kappa shape index (κ3) is 3.84. The average molecular weight is 442 g/mol. The summed E-state index contributed by atoms with van der Waals surface area (Å²) in [5.41, 5.74) is 6.25. The van der Waals surface area contributed by atoms with E-state index in [1.165, 1.54) is 5.56 Å². The van der Waals surface area contributed by atoms with Crippen LogP contribution in [0.4, 0.5) is 0 Å². The van der Waals surface area contributed by atoms with Gasteiger partial charge >= 0.3 is 0 Å². The van der Waals surface area contributed by atoms with Crippen molar-refractivity contribution in [3.05, 3.63) is 66.4 Å². The molecule has 1 aliphatic heterocycles. The first-order valence-corrected chi connectivity index (χ1v) is 10.9. The van der Waals surface area contributed by atoms with Crippen LogP contribution in [0.1, 0.15) is 26.3 Å². The number of ether oxygens (including phenoxy) is 4. The van der Waals surface area contributed by atoms with Gasteiger partial charge in [-0.25, -0.2) is 0 Å². The van der Waals surface area contributed by atoms with Crippen LogP contribution in [0.3, 0.4) is 0 Å². The van der Waals surface area contributed by atoms with Crippen LogP contribution in [-0.2, 0) is 5.41 Å². The van der Waals surface area contributed by atoms with Crippen molar-refractivity contribution in [2.45, 2.75) is 26.2 Å². The van der Waals surface area contributed by atoms with Crippen LogP contribution >= 0.6 is 0 Å². The normalized spacial score (nSPS) is 12.8. The van der Waals surface area contributed by atoms with E-state index in [1.807, 2.05) is 24.4 Å². The molecule has 0 fully saturated rings. The highest BCUT2D eigenvalue weighted by molar-refractivity contribution is 5.88. The maximum absolute atomic E-state index is 5.76. The molecular weight excluding hydrogens is 414 g/mol. The number of fused-ring (bicyclic) bond motifs is 2. The van der Waals surface area contributed by atoms with E-state index < -0.39 is 0 Å². The Morgan fingerprint density at radius 2 is 1.52 bits per heavy atom. The number of aromatic nitrogens is 1. The molecule has 5 rings (SSSR count). The molecule has 5 nitrogen and oxygen atoms in total. The fourth-order valence-corrected chi connectivity index (χ4v) is 4.17. The van der Waals surface area contributed by atoms with Gasteiger partial charge in [-0.15, -0.1) is 0 Å². The lowest BCUT2D eigenvalue weighted by Crippen LogP contribution is -2.10. The Balaban J connectivity index is 1.63. The van der Waals surface area contributed by atoms with Crippen LogP contribution in [-0.4, -0.2) is 26.0 Å². The lowest BCUT2D eigenvalue weighted by Gasteiger charge is -2.20. The van der Waals surface area contributed by atoms with Crippen LogP contribution in [0.25, 0.3) is 33.2 Å². The van der Waals surface area contributed by atoms with Gasteiger partial charge in [-0.05, 0) is 46.4 Å². The van der Waals surface area contributed by atoms with Crippen LogP contribution in [0.2, 0.25) is 0 Å². The fourth-order valence-electron chi connectivity index (χ4n) is 4.17. The number of pyridine rings is 1. The van der Waals surface area contributed by atoms with Gasteiger partial charge in [0.15, 0.2) is 23.0 Å². The minimum atomic E-state index is 0.0911. The van der Waals surface area contributed by atoms with E-state index in [4.69, 9.17) is 18.9 Å². The number of hydrogen-bond donors (Lipinski definition) is 0. The predicted octanol–water partition coefficient (Wildman–Crippen LogP) is 6.61. The van der Waals surface area contributed by atoms with Crippen molar-refractivity contribution in [2.75, 3.05) is 21.0 Å². The van der Waals surface area contributed by atoms with E-state index in [1.54, 1.807) is 14.2 Å². The van der Waals surface area contributed by atoms with Gasteiger partial charge in [-0.1, -0.05) is 45.0 Å². The number of benzene rings is 3. The van der Waals surface area contributed by atoms with Gasteiger partial charge in [0.2, 0.25) is 6.79 Å². The quantitative estimate of drug-likeness (QED) is 0.357. The SMILES string of the molecule is COc1cc(-c2cnc3cc4c(cc3c2)OCO4)cc(-c2ccc(C(C)(C)C)cc2)c1OC. The Hall–Kier alpha value is -3.73. The van der Waals surface area contributed by atoms with Gasteiger partial charge in [0.1, 0.15) is 0 Å². The third-order valence-electron chi connectivity index (χ3n) is 6.05. The van der Waals surface area contributed by atoms with E-state index in [9.17, 15) is 0 Å². The highest BCUT2D eigenvalue weighted by Gasteiger charge is 2.19. The molecule has 0 spiro atoms. The van der Waals surface area contributed by atoms with Crippen LogP contribution in [0.15, 0.2) is 60.8 Å². The van der Waals surface area contributed by atoms with E-state index in [0.717, 1.165) is 44.7 Å². The van der Waals surface area contributed by atoms with E-state index in [-0.39, 0.29) is 12.2 Å². The average Bonchev–Trinajstić information content (AvgIpc) is 3.28. The summed E-state index contributed by atoms with van der Waals surface area (Å²) in [6.45, 7) is 6.88. The first-order chi connectivity index (χ1) is 15.9. The van der Waals surface area contributed by atoms with Crippen molar-refractivity contribution in [3.8, 4) is 45.3 Å². The zero-order valence-corrected chi connectivity index (χ0v) is 19.6. The Labute approximate surface area is 193 Å². The highest BCUT2D eigenvalue weighted by Crippen LogP contribution is 2.43. The number of methoxy groups -OCH3 is 2.